The van der Waals surface area contributed by atoms with Gasteiger partial charge in [-0.25, -0.2) is 4.79 Å². The summed E-state index contributed by atoms with van der Waals surface area (Å²) >= 11 is 0. The summed E-state index contributed by atoms with van der Waals surface area (Å²) in [5.74, 6) is 0. The number of nitrogens with one attached hydrogen (secondary N) is 1. The molecule has 2 rings (SSSR count). The third-order valence-corrected chi connectivity index (χ3v) is 4.01. The topological polar surface area (TPSA) is 65.0 Å². The molecule has 128 valence electrons. The van der Waals surface area contributed by atoms with Gasteiger partial charge in [0.05, 0.1) is 19.8 Å². The molecule has 0 aliphatic carbocycles. The number of hydrogen-bond donors (Lipinski definition) is 2. The van der Waals surface area contributed by atoms with Gasteiger partial charge in [0.2, 0.25) is 0 Å². The molecule has 6 heteroatoms. The van der Waals surface area contributed by atoms with Crippen LogP contribution in [-0.4, -0.2) is 73.5 Å². The fourth-order valence-electron chi connectivity index (χ4n) is 2.53. The van der Waals surface area contributed by atoms with E-state index in [-0.39, 0.29) is 12.6 Å². The number of ether oxygens (including phenoxy) is 1. The van der Waals surface area contributed by atoms with Crippen molar-refractivity contribution in [3.63, 3.8) is 0 Å². The van der Waals surface area contributed by atoms with Gasteiger partial charge in [0, 0.05) is 39.3 Å². The molecule has 0 bridgehead atoms. The number of amides is 2. The molecule has 1 saturated heterocycles. The van der Waals surface area contributed by atoms with E-state index in [1.54, 1.807) is 0 Å². The Morgan fingerprint density at radius 2 is 1.87 bits per heavy atom. The van der Waals surface area contributed by atoms with Gasteiger partial charge in [-0.05, 0) is 12.5 Å². The molecular formula is C17H27N3O3. The van der Waals surface area contributed by atoms with Crippen LogP contribution in [0.3, 0.4) is 0 Å². The summed E-state index contributed by atoms with van der Waals surface area (Å²) in [4.78, 5) is 16.3. The Hall–Kier alpha value is -1.63. The fourth-order valence-corrected chi connectivity index (χ4v) is 2.53. The van der Waals surface area contributed by atoms with Crippen LogP contribution in [0.5, 0.6) is 0 Å². The molecule has 0 aromatic heterocycles. The molecular weight excluding hydrogens is 294 g/mol. The molecule has 1 heterocycles. The Bertz CT molecular complexity index is 470. The van der Waals surface area contributed by atoms with Crippen LogP contribution < -0.4 is 5.32 Å². The third-order valence-electron chi connectivity index (χ3n) is 4.01. The van der Waals surface area contributed by atoms with Crippen molar-refractivity contribution in [1.29, 1.82) is 0 Å². The number of piperazine rings is 1. The summed E-state index contributed by atoms with van der Waals surface area (Å²) in [5.41, 5.74) is 2.34. The standard InChI is InChI=1S/C17H27N3O3/c1-15-2-4-16(5-3-15)14-18-17(22)20-8-6-19(7-9-20)10-12-23-13-11-21/h2-5,21H,6-14H2,1H3,(H,18,22). The largest absolute Gasteiger partial charge is 0.394 e. The van der Waals surface area contributed by atoms with Crippen molar-refractivity contribution in [1.82, 2.24) is 15.1 Å². The smallest absolute Gasteiger partial charge is 0.317 e. The van der Waals surface area contributed by atoms with Gasteiger partial charge in [0.25, 0.3) is 0 Å². The van der Waals surface area contributed by atoms with Gasteiger partial charge in [-0.1, -0.05) is 29.8 Å². The van der Waals surface area contributed by atoms with Crippen molar-refractivity contribution in [2.75, 3.05) is 52.5 Å². The molecule has 0 spiro atoms. The Balaban J connectivity index is 1.64. The van der Waals surface area contributed by atoms with Crippen LogP contribution in [0.1, 0.15) is 11.1 Å². The SMILES string of the molecule is Cc1ccc(CNC(=O)N2CCN(CCOCCO)CC2)cc1. The molecule has 6 nitrogen and oxygen atoms in total. The van der Waals surface area contributed by atoms with E-state index >= 15 is 0 Å². The number of carbonyl (C=O) groups is 1. The highest BCUT2D eigenvalue weighted by atomic mass is 16.5. The van der Waals surface area contributed by atoms with Crippen LogP contribution in [0, 0.1) is 6.92 Å². The van der Waals surface area contributed by atoms with Gasteiger partial charge in [-0.2, -0.15) is 0 Å². The molecule has 0 unspecified atom stereocenters. The first kappa shape index (κ1) is 17.7. The number of benzene rings is 1. The molecule has 0 atom stereocenters. The van der Waals surface area contributed by atoms with E-state index in [1.807, 2.05) is 17.0 Å². The van der Waals surface area contributed by atoms with Gasteiger partial charge in [0.1, 0.15) is 0 Å². The van der Waals surface area contributed by atoms with Crippen LogP contribution in [0.2, 0.25) is 0 Å². The number of hydrogen-bond acceptors (Lipinski definition) is 4. The number of nitrogens with zero attached hydrogens (tertiary/aromatic N) is 2. The number of carbonyl (C=O) groups excluding carboxylic acids is 1. The van der Waals surface area contributed by atoms with Crippen molar-refractivity contribution < 1.29 is 14.6 Å². The maximum absolute atomic E-state index is 12.2. The molecule has 23 heavy (non-hydrogen) atoms. The Morgan fingerprint density at radius 1 is 1.17 bits per heavy atom. The van der Waals surface area contributed by atoms with Gasteiger partial charge in [0.15, 0.2) is 0 Å². The Kier molecular flexibility index (Phi) is 7.32. The maximum Gasteiger partial charge on any atom is 0.317 e. The number of aliphatic hydroxyl groups excluding tert-OH is 1. The molecule has 2 amide bonds. The van der Waals surface area contributed by atoms with Gasteiger partial charge < -0.3 is 20.1 Å². The predicted octanol–water partition coefficient (Wildman–Crippen LogP) is 0.831. The first-order valence-corrected chi connectivity index (χ1v) is 8.18. The average molecular weight is 321 g/mol. The highest BCUT2D eigenvalue weighted by molar-refractivity contribution is 5.74. The number of aliphatic hydroxyl groups is 1. The lowest BCUT2D eigenvalue weighted by Crippen LogP contribution is -2.52. The maximum atomic E-state index is 12.2. The first-order valence-electron chi connectivity index (χ1n) is 8.18. The second kappa shape index (κ2) is 9.50. The zero-order valence-corrected chi connectivity index (χ0v) is 13.8. The Morgan fingerprint density at radius 3 is 2.52 bits per heavy atom. The van der Waals surface area contributed by atoms with Crippen LogP contribution in [0.4, 0.5) is 4.79 Å². The lowest BCUT2D eigenvalue weighted by molar-refractivity contribution is 0.0618. The normalized spacial score (nSPS) is 15.7. The van der Waals surface area contributed by atoms with Crippen molar-refractivity contribution in [3.05, 3.63) is 35.4 Å². The minimum atomic E-state index is 0.00163. The summed E-state index contributed by atoms with van der Waals surface area (Å²) in [6.45, 7) is 7.74. The summed E-state index contributed by atoms with van der Waals surface area (Å²) in [7, 11) is 0. The van der Waals surface area contributed by atoms with Crippen molar-refractivity contribution in [2.45, 2.75) is 13.5 Å². The highest BCUT2D eigenvalue weighted by Crippen LogP contribution is 2.05. The van der Waals surface area contributed by atoms with E-state index < -0.39 is 0 Å². The zero-order valence-electron chi connectivity index (χ0n) is 13.8. The minimum Gasteiger partial charge on any atom is -0.394 e. The van der Waals surface area contributed by atoms with Crippen molar-refractivity contribution in [3.8, 4) is 0 Å². The van der Waals surface area contributed by atoms with E-state index in [2.05, 4.69) is 29.3 Å². The molecule has 0 saturated carbocycles. The van der Waals surface area contributed by atoms with E-state index in [1.165, 1.54) is 5.56 Å². The number of rotatable bonds is 7. The third kappa shape index (κ3) is 6.17. The van der Waals surface area contributed by atoms with Crippen LogP contribution in [0.15, 0.2) is 24.3 Å². The van der Waals surface area contributed by atoms with Crippen LogP contribution >= 0.6 is 0 Å². The summed E-state index contributed by atoms with van der Waals surface area (Å²) < 4.78 is 5.27. The van der Waals surface area contributed by atoms with E-state index in [4.69, 9.17) is 9.84 Å². The second-order valence-corrected chi connectivity index (χ2v) is 5.81. The number of aryl methyl sites for hydroxylation is 1. The lowest BCUT2D eigenvalue weighted by atomic mass is 10.1. The molecule has 1 aliphatic rings. The summed E-state index contributed by atoms with van der Waals surface area (Å²) in [5, 5.41) is 11.6. The number of urea groups is 1. The monoisotopic (exact) mass is 321 g/mol. The first-order chi connectivity index (χ1) is 11.2. The molecule has 0 radical (unpaired) electrons. The van der Waals surface area contributed by atoms with Gasteiger partial charge in [-0.3, -0.25) is 4.90 Å². The van der Waals surface area contributed by atoms with E-state index in [0.717, 1.165) is 38.3 Å². The van der Waals surface area contributed by atoms with E-state index in [0.29, 0.717) is 19.8 Å². The lowest BCUT2D eigenvalue weighted by Gasteiger charge is -2.34. The minimum absolute atomic E-state index is 0.00163. The molecule has 1 fully saturated rings. The second-order valence-electron chi connectivity index (χ2n) is 5.81. The predicted molar refractivity (Wildman–Crippen MR) is 89.3 cm³/mol. The summed E-state index contributed by atoms with van der Waals surface area (Å²) in [6, 6.07) is 8.19. The molecule has 2 N–H and O–H groups in total. The Labute approximate surface area is 138 Å². The van der Waals surface area contributed by atoms with Crippen LogP contribution in [0.25, 0.3) is 0 Å². The molecule has 1 aromatic rings. The van der Waals surface area contributed by atoms with E-state index in [9.17, 15) is 4.79 Å². The quantitative estimate of drug-likeness (QED) is 0.730. The summed E-state index contributed by atoms with van der Waals surface area (Å²) in [6.07, 6.45) is 0. The molecule has 1 aromatic carbocycles. The fraction of sp³-hybridized carbons (Fsp3) is 0.588. The molecule has 1 aliphatic heterocycles. The van der Waals surface area contributed by atoms with Gasteiger partial charge in [-0.15, -0.1) is 0 Å². The van der Waals surface area contributed by atoms with Crippen molar-refractivity contribution in [2.24, 2.45) is 0 Å². The zero-order chi connectivity index (χ0) is 16.5. The average Bonchev–Trinajstić information content (AvgIpc) is 2.58. The van der Waals surface area contributed by atoms with Crippen LogP contribution in [-0.2, 0) is 11.3 Å². The highest BCUT2D eigenvalue weighted by Gasteiger charge is 2.20. The van der Waals surface area contributed by atoms with Crippen molar-refractivity contribution >= 4 is 6.03 Å². The van der Waals surface area contributed by atoms with Gasteiger partial charge >= 0.3 is 6.03 Å².